The van der Waals surface area contributed by atoms with Crippen LogP contribution in [0.4, 0.5) is 4.79 Å². The lowest BCUT2D eigenvalue weighted by molar-refractivity contribution is 0.140. The van der Waals surface area contributed by atoms with E-state index in [1.807, 2.05) is 29.6 Å². The minimum Gasteiger partial charge on any atom is -0.333 e. The van der Waals surface area contributed by atoms with Crippen molar-refractivity contribution in [3.05, 3.63) is 40.1 Å². The third kappa shape index (κ3) is 3.44. The summed E-state index contributed by atoms with van der Waals surface area (Å²) < 4.78 is 2.85. The number of nitrogens with zero attached hydrogens (tertiary/aromatic N) is 3. The van der Waals surface area contributed by atoms with Gasteiger partial charge in [-0.25, -0.2) is 9.78 Å². The average Bonchev–Trinajstić information content (AvgIpc) is 3.17. The van der Waals surface area contributed by atoms with Crippen molar-refractivity contribution in [3.63, 3.8) is 0 Å². The lowest BCUT2D eigenvalue weighted by Gasteiger charge is -2.37. The Morgan fingerprint density at radius 1 is 1.55 bits per heavy atom. The highest BCUT2D eigenvalue weighted by atomic mass is 35.5. The van der Waals surface area contributed by atoms with Gasteiger partial charge < -0.3 is 14.8 Å². The summed E-state index contributed by atoms with van der Waals surface area (Å²) in [6, 6.07) is 4.07. The number of urea groups is 1. The molecule has 2 unspecified atom stereocenters. The maximum absolute atomic E-state index is 12.4. The van der Waals surface area contributed by atoms with Gasteiger partial charge in [0.15, 0.2) is 0 Å². The Hall–Kier alpha value is -1.53. The molecule has 1 saturated heterocycles. The summed E-state index contributed by atoms with van der Waals surface area (Å²) in [6.45, 7) is 4.27. The second-order valence-corrected chi connectivity index (χ2v) is 7.45. The first-order chi connectivity index (χ1) is 10.6. The number of rotatable bonds is 3. The number of carbonyl (C=O) groups excluding carboxylic acids is 1. The third-order valence-corrected chi connectivity index (χ3v) is 5.39. The number of nitrogens with one attached hydrogen (secondary N) is 1. The number of hydrogen-bond donors (Lipinski definition) is 1. The Balaban J connectivity index is 1.58. The van der Waals surface area contributed by atoms with E-state index >= 15 is 0 Å². The van der Waals surface area contributed by atoms with Crippen LogP contribution in [-0.4, -0.2) is 33.6 Å². The van der Waals surface area contributed by atoms with E-state index in [4.69, 9.17) is 11.6 Å². The minimum absolute atomic E-state index is 0.0125. The van der Waals surface area contributed by atoms with E-state index < -0.39 is 0 Å². The Bertz CT molecular complexity index is 627. The van der Waals surface area contributed by atoms with Crippen molar-refractivity contribution in [1.82, 2.24) is 19.8 Å². The number of halogens is 1. The van der Waals surface area contributed by atoms with Crippen LogP contribution < -0.4 is 5.32 Å². The second-order valence-electron chi connectivity index (χ2n) is 5.65. The molecule has 3 rings (SSSR count). The largest absolute Gasteiger partial charge is 0.333 e. The lowest BCUT2D eigenvalue weighted by Crippen LogP contribution is -2.47. The van der Waals surface area contributed by atoms with Gasteiger partial charge in [0.1, 0.15) is 0 Å². The van der Waals surface area contributed by atoms with E-state index in [0.29, 0.717) is 19.0 Å². The van der Waals surface area contributed by atoms with E-state index in [1.165, 1.54) is 11.3 Å². The van der Waals surface area contributed by atoms with Gasteiger partial charge in [-0.05, 0) is 24.5 Å². The average molecular weight is 339 g/mol. The van der Waals surface area contributed by atoms with Gasteiger partial charge in [0.2, 0.25) is 0 Å². The molecule has 0 radical (unpaired) electrons. The Kier molecular flexibility index (Phi) is 4.69. The fourth-order valence-electron chi connectivity index (χ4n) is 2.81. The zero-order valence-electron chi connectivity index (χ0n) is 12.4. The zero-order valence-corrected chi connectivity index (χ0v) is 14.0. The summed E-state index contributed by atoms with van der Waals surface area (Å²) >= 11 is 7.40. The maximum atomic E-state index is 12.4. The van der Waals surface area contributed by atoms with E-state index in [-0.39, 0.29) is 12.1 Å². The normalized spacial score (nSPS) is 21.8. The Labute approximate surface area is 138 Å². The molecule has 1 aliphatic heterocycles. The van der Waals surface area contributed by atoms with E-state index in [1.54, 1.807) is 6.20 Å². The number of hydrogen-bond acceptors (Lipinski definition) is 3. The number of amides is 2. The number of piperidine rings is 1. The molecule has 0 saturated carbocycles. The topological polar surface area (TPSA) is 50.2 Å². The van der Waals surface area contributed by atoms with E-state index in [0.717, 1.165) is 22.2 Å². The maximum Gasteiger partial charge on any atom is 0.317 e. The molecule has 2 atom stereocenters. The van der Waals surface area contributed by atoms with Gasteiger partial charge in [0.25, 0.3) is 0 Å². The van der Waals surface area contributed by atoms with Crippen LogP contribution in [0.25, 0.3) is 0 Å². The van der Waals surface area contributed by atoms with Gasteiger partial charge >= 0.3 is 6.03 Å². The van der Waals surface area contributed by atoms with Crippen LogP contribution >= 0.6 is 22.9 Å². The fraction of sp³-hybridized carbons (Fsp3) is 0.467. The van der Waals surface area contributed by atoms with E-state index in [2.05, 4.69) is 21.8 Å². The molecule has 0 bridgehead atoms. The molecular weight excluding hydrogens is 320 g/mol. The van der Waals surface area contributed by atoms with Gasteiger partial charge in [-0.3, -0.25) is 0 Å². The lowest BCUT2D eigenvalue weighted by atomic mass is 9.93. The number of likely N-dealkylation sites (tertiary alicyclic amines) is 1. The van der Waals surface area contributed by atoms with Crippen LogP contribution in [0, 0.1) is 5.92 Å². The molecule has 118 valence electrons. The molecule has 1 N–H and O–H groups in total. The Morgan fingerprint density at radius 2 is 2.41 bits per heavy atom. The van der Waals surface area contributed by atoms with Crippen LogP contribution in [0.2, 0.25) is 4.34 Å². The van der Waals surface area contributed by atoms with Gasteiger partial charge in [0.05, 0.1) is 23.3 Å². The molecular formula is C15H19ClN4OS. The monoisotopic (exact) mass is 338 g/mol. The summed E-state index contributed by atoms with van der Waals surface area (Å²) in [5, 5.41) is 2.98. The number of aromatic nitrogens is 2. The smallest absolute Gasteiger partial charge is 0.317 e. The highest BCUT2D eigenvalue weighted by Gasteiger charge is 2.29. The van der Waals surface area contributed by atoms with Crippen LogP contribution in [0.3, 0.4) is 0 Å². The quantitative estimate of drug-likeness (QED) is 0.932. The van der Waals surface area contributed by atoms with Gasteiger partial charge in [-0.2, -0.15) is 0 Å². The summed E-state index contributed by atoms with van der Waals surface area (Å²) in [4.78, 5) is 19.4. The van der Waals surface area contributed by atoms with Gasteiger partial charge in [-0.15, -0.1) is 11.3 Å². The van der Waals surface area contributed by atoms with Crippen molar-refractivity contribution in [1.29, 1.82) is 0 Å². The second kappa shape index (κ2) is 6.71. The summed E-state index contributed by atoms with van der Waals surface area (Å²) in [5.74, 6) is 0.536. The molecule has 0 aromatic carbocycles. The van der Waals surface area contributed by atoms with Crippen molar-refractivity contribution >= 4 is 29.0 Å². The molecule has 7 heteroatoms. The van der Waals surface area contributed by atoms with Crippen LogP contribution in [0.1, 0.15) is 24.3 Å². The molecule has 2 amide bonds. The number of thiophene rings is 1. The summed E-state index contributed by atoms with van der Waals surface area (Å²) in [6.07, 6.45) is 6.58. The predicted molar refractivity (Wildman–Crippen MR) is 88.2 cm³/mol. The SMILES string of the molecule is CC1CCN(C(=O)NCc2ccc(Cl)s2)CC1n1ccnc1. The first-order valence-corrected chi connectivity index (χ1v) is 8.57. The van der Waals surface area contributed by atoms with E-state index in [9.17, 15) is 4.79 Å². The predicted octanol–water partition coefficient (Wildman–Crippen LogP) is 3.39. The number of imidazole rings is 1. The van der Waals surface area contributed by atoms with Crippen LogP contribution in [0.15, 0.2) is 30.9 Å². The molecule has 1 fully saturated rings. The van der Waals surface area contributed by atoms with Crippen molar-refractivity contribution in [2.75, 3.05) is 13.1 Å². The molecule has 5 nitrogen and oxygen atoms in total. The Morgan fingerprint density at radius 3 is 3.09 bits per heavy atom. The minimum atomic E-state index is -0.0125. The first kappa shape index (κ1) is 15.4. The summed E-state index contributed by atoms with van der Waals surface area (Å²) in [5.41, 5.74) is 0. The van der Waals surface area contributed by atoms with Crippen molar-refractivity contribution < 1.29 is 4.79 Å². The molecule has 0 spiro atoms. The first-order valence-electron chi connectivity index (χ1n) is 7.38. The zero-order chi connectivity index (χ0) is 15.5. The molecule has 0 aliphatic carbocycles. The van der Waals surface area contributed by atoms with Crippen molar-refractivity contribution in [2.24, 2.45) is 5.92 Å². The molecule has 1 aliphatic rings. The third-order valence-electron chi connectivity index (χ3n) is 4.16. The van der Waals surface area contributed by atoms with Gasteiger partial charge in [-0.1, -0.05) is 18.5 Å². The van der Waals surface area contributed by atoms with Crippen molar-refractivity contribution in [3.8, 4) is 0 Å². The molecule has 3 heterocycles. The standard InChI is InChI=1S/C15H19ClN4OS/c1-11-4-6-19(9-13(11)20-7-5-17-10-20)15(21)18-8-12-2-3-14(16)22-12/h2-3,5,7,10-11,13H,4,6,8-9H2,1H3,(H,18,21). The summed E-state index contributed by atoms with van der Waals surface area (Å²) in [7, 11) is 0. The van der Waals surface area contributed by atoms with Crippen molar-refractivity contribution in [2.45, 2.75) is 25.9 Å². The molecule has 2 aromatic heterocycles. The fourth-order valence-corrected chi connectivity index (χ4v) is 3.84. The number of carbonyl (C=O) groups is 1. The van der Waals surface area contributed by atoms with Crippen LogP contribution in [0.5, 0.6) is 0 Å². The molecule has 22 heavy (non-hydrogen) atoms. The highest BCUT2D eigenvalue weighted by molar-refractivity contribution is 7.16. The van der Waals surface area contributed by atoms with Gasteiger partial charge in [0, 0.05) is 30.4 Å². The highest BCUT2D eigenvalue weighted by Crippen LogP contribution is 2.27. The molecule has 2 aromatic rings. The van der Waals surface area contributed by atoms with Crippen LogP contribution in [-0.2, 0) is 6.54 Å².